The van der Waals surface area contributed by atoms with Crippen LogP contribution in [0, 0.1) is 0 Å². The molecule has 0 radical (unpaired) electrons. The zero-order valence-corrected chi connectivity index (χ0v) is 6.16. The molecule has 0 aliphatic carbocycles. The number of hydrogen-bond donors (Lipinski definition) is 0. The predicted molar refractivity (Wildman–Crippen MR) is 35.9 cm³/mol. The summed E-state index contributed by atoms with van der Waals surface area (Å²) >= 11 is 0. The second-order valence-electron chi connectivity index (χ2n) is 1.69. The van der Waals surface area contributed by atoms with Crippen LogP contribution in [-0.2, 0) is 0 Å². The van der Waals surface area contributed by atoms with Crippen LogP contribution in [0.25, 0.3) is 0 Å². The van der Waals surface area contributed by atoms with Crippen molar-refractivity contribution in [3.05, 3.63) is 16.5 Å². The summed E-state index contributed by atoms with van der Waals surface area (Å²) in [5.74, 6) is 0.179. The Morgan fingerprint density at radius 1 is 1.45 bits per heavy atom. The Morgan fingerprint density at radius 3 is 2.73 bits per heavy atom. The Labute approximate surface area is 62.6 Å². The monoisotopic (exact) mass is 157 g/mol. The summed E-state index contributed by atoms with van der Waals surface area (Å²) in [6.45, 7) is 0. The van der Waals surface area contributed by atoms with Crippen LogP contribution in [-0.4, -0.2) is 19.2 Å². The van der Waals surface area contributed by atoms with E-state index in [2.05, 4.69) is 18.9 Å². The van der Waals surface area contributed by atoms with Crippen molar-refractivity contribution < 1.29 is 13.9 Å². The fraction of sp³-hybridized carbons (Fsp3) is 0.333. The van der Waals surface area contributed by atoms with Gasteiger partial charge in [-0.2, -0.15) is 0 Å². The Kier molecular flexibility index (Phi) is 2.10. The molecule has 0 aliphatic rings. The fourth-order valence-electron chi connectivity index (χ4n) is 0.553. The van der Waals surface area contributed by atoms with Crippen LogP contribution < -0.4 is 15.1 Å². The molecule has 0 atom stereocenters. The second-order valence-corrected chi connectivity index (χ2v) is 1.69. The summed E-state index contributed by atoms with van der Waals surface area (Å²) in [6, 6.07) is 1.13. The largest absolute Gasteiger partial charge is 0.481 e. The Balaban J connectivity index is 3.12. The predicted octanol–water partition coefficient (Wildman–Crippen LogP) is 0.0520. The minimum absolute atomic E-state index is 0.102. The molecule has 60 valence electrons. The van der Waals surface area contributed by atoms with Crippen LogP contribution >= 0.6 is 0 Å². The van der Waals surface area contributed by atoms with Gasteiger partial charge in [-0.05, 0) is 0 Å². The lowest BCUT2D eigenvalue weighted by Crippen LogP contribution is -2.02. The van der Waals surface area contributed by atoms with Gasteiger partial charge in [-0.15, -0.1) is 4.98 Å². The van der Waals surface area contributed by atoms with Crippen molar-refractivity contribution in [3.63, 3.8) is 0 Å². The van der Waals surface area contributed by atoms with Crippen molar-refractivity contribution in [1.29, 1.82) is 0 Å². The van der Waals surface area contributed by atoms with E-state index in [0.29, 0.717) is 0 Å². The number of aromatic nitrogens is 1. The van der Waals surface area contributed by atoms with Crippen LogP contribution in [0.5, 0.6) is 12.0 Å². The molecule has 5 nitrogen and oxygen atoms in total. The molecule has 5 heteroatoms. The first-order valence-electron chi connectivity index (χ1n) is 2.86. The van der Waals surface area contributed by atoms with E-state index in [4.69, 9.17) is 0 Å². The van der Waals surface area contributed by atoms with Crippen molar-refractivity contribution in [2.75, 3.05) is 14.2 Å². The number of hydrogen-bond acceptors (Lipinski definition) is 5. The van der Waals surface area contributed by atoms with Gasteiger partial charge in [-0.1, -0.05) is 0 Å². The average molecular weight is 157 g/mol. The van der Waals surface area contributed by atoms with Gasteiger partial charge in [0.25, 0.3) is 0 Å². The third-order valence-electron chi connectivity index (χ3n) is 1.01. The molecule has 0 unspecified atom stereocenters. The topological polar surface area (TPSA) is 61.6 Å². The van der Waals surface area contributed by atoms with E-state index >= 15 is 0 Å². The Morgan fingerprint density at radius 2 is 2.18 bits per heavy atom. The van der Waals surface area contributed by atoms with Gasteiger partial charge in [-0.25, -0.2) is 4.79 Å². The van der Waals surface area contributed by atoms with Gasteiger partial charge in [0.15, 0.2) is 0 Å². The van der Waals surface area contributed by atoms with Crippen molar-refractivity contribution in [2.24, 2.45) is 0 Å². The lowest BCUT2D eigenvalue weighted by atomic mass is 10.6. The van der Waals surface area contributed by atoms with Gasteiger partial charge in [-0.3, -0.25) is 0 Å². The van der Waals surface area contributed by atoms with Gasteiger partial charge in [0, 0.05) is 0 Å². The molecule has 0 saturated heterocycles. The smallest absolute Gasteiger partial charge is 0.399 e. The highest BCUT2D eigenvalue weighted by molar-refractivity contribution is 5.07. The SMILES string of the molecule is COc1cc(=O)oc(OC)n1. The van der Waals surface area contributed by atoms with Crippen LogP contribution in [0.2, 0.25) is 0 Å². The summed E-state index contributed by atoms with van der Waals surface area (Å²) in [5, 5.41) is 0. The highest BCUT2D eigenvalue weighted by atomic mass is 16.6. The molecule has 0 bridgehead atoms. The summed E-state index contributed by atoms with van der Waals surface area (Å²) < 4.78 is 13.8. The van der Waals surface area contributed by atoms with Gasteiger partial charge in [0.05, 0.1) is 20.3 Å². The molecule has 1 heterocycles. The van der Waals surface area contributed by atoms with Crippen LogP contribution in [0.3, 0.4) is 0 Å². The summed E-state index contributed by atoms with van der Waals surface area (Å²) in [5.41, 5.74) is -0.548. The first-order valence-corrected chi connectivity index (χ1v) is 2.86. The molecule has 0 saturated carbocycles. The average Bonchev–Trinajstić information content (AvgIpc) is 2.03. The zero-order chi connectivity index (χ0) is 8.27. The van der Waals surface area contributed by atoms with Crippen molar-refractivity contribution >= 4 is 0 Å². The highest BCUT2D eigenvalue weighted by Gasteiger charge is 2.01. The standard InChI is InChI=1S/C6H7NO4/c1-9-4-3-5(8)11-6(7-4)10-2/h3H,1-2H3. The maximum Gasteiger partial charge on any atom is 0.399 e. The third kappa shape index (κ3) is 1.70. The van der Waals surface area contributed by atoms with Crippen molar-refractivity contribution in [2.45, 2.75) is 0 Å². The second kappa shape index (κ2) is 3.05. The van der Waals surface area contributed by atoms with Gasteiger partial charge in [0.1, 0.15) is 0 Å². The third-order valence-corrected chi connectivity index (χ3v) is 1.01. The molecule has 0 N–H and O–H groups in total. The quantitative estimate of drug-likeness (QED) is 0.607. The number of methoxy groups -OCH3 is 2. The van der Waals surface area contributed by atoms with Crippen LogP contribution in [0.1, 0.15) is 0 Å². The normalized spacial score (nSPS) is 9.27. The molecular formula is C6H7NO4. The lowest BCUT2D eigenvalue weighted by molar-refractivity contribution is 0.254. The van der Waals surface area contributed by atoms with E-state index < -0.39 is 5.63 Å². The van der Waals surface area contributed by atoms with E-state index in [1.807, 2.05) is 0 Å². The van der Waals surface area contributed by atoms with E-state index in [0.717, 1.165) is 6.07 Å². The van der Waals surface area contributed by atoms with Crippen molar-refractivity contribution in [1.82, 2.24) is 4.98 Å². The maximum atomic E-state index is 10.7. The molecule has 1 rings (SSSR count). The lowest BCUT2D eigenvalue weighted by Gasteiger charge is -1.97. The molecule has 1 aromatic rings. The zero-order valence-electron chi connectivity index (χ0n) is 6.16. The molecule has 11 heavy (non-hydrogen) atoms. The molecule has 0 amide bonds. The molecule has 0 aliphatic heterocycles. The fourth-order valence-corrected chi connectivity index (χ4v) is 0.553. The molecule has 0 spiro atoms. The van der Waals surface area contributed by atoms with Crippen LogP contribution in [0.15, 0.2) is 15.3 Å². The first kappa shape index (κ1) is 7.59. The summed E-state index contributed by atoms with van der Waals surface area (Å²) in [4.78, 5) is 14.3. The first-order chi connectivity index (χ1) is 5.26. The summed E-state index contributed by atoms with van der Waals surface area (Å²) in [6.07, 6.45) is -0.102. The van der Waals surface area contributed by atoms with Gasteiger partial charge < -0.3 is 13.9 Å². The molecule has 0 aromatic carbocycles. The van der Waals surface area contributed by atoms with E-state index in [-0.39, 0.29) is 12.0 Å². The molecule has 1 aromatic heterocycles. The highest BCUT2D eigenvalue weighted by Crippen LogP contribution is 2.07. The van der Waals surface area contributed by atoms with Crippen molar-refractivity contribution in [3.8, 4) is 12.0 Å². The van der Waals surface area contributed by atoms with Crippen LogP contribution in [0.4, 0.5) is 0 Å². The van der Waals surface area contributed by atoms with Gasteiger partial charge in [0.2, 0.25) is 5.88 Å². The summed E-state index contributed by atoms with van der Waals surface area (Å²) in [7, 11) is 2.76. The van der Waals surface area contributed by atoms with E-state index in [1.54, 1.807) is 0 Å². The van der Waals surface area contributed by atoms with Gasteiger partial charge >= 0.3 is 11.7 Å². The van der Waals surface area contributed by atoms with E-state index in [9.17, 15) is 4.79 Å². The minimum Gasteiger partial charge on any atom is -0.481 e. The maximum absolute atomic E-state index is 10.7. The Hall–Kier alpha value is -1.52. The van der Waals surface area contributed by atoms with E-state index in [1.165, 1.54) is 14.2 Å². The molecule has 0 fully saturated rings. The number of rotatable bonds is 2. The Bertz CT molecular complexity index is 268. The molecular weight excluding hydrogens is 150 g/mol. The number of nitrogens with zero attached hydrogens (tertiary/aromatic N) is 1. The number of ether oxygens (including phenoxy) is 2. The minimum atomic E-state index is -0.548.